The molecule has 0 fully saturated rings. The van der Waals surface area contributed by atoms with E-state index in [1.54, 1.807) is 6.07 Å². The van der Waals surface area contributed by atoms with Crippen LogP contribution >= 0.6 is 0 Å². The van der Waals surface area contributed by atoms with Crippen LogP contribution in [0.4, 0.5) is 4.39 Å². The highest BCUT2D eigenvalue weighted by Crippen LogP contribution is 2.34. The predicted molar refractivity (Wildman–Crippen MR) is 82.6 cm³/mol. The largest absolute Gasteiger partial charge is 0.459 e. The number of fused-ring (bicyclic) bond motifs is 1. The lowest BCUT2D eigenvalue weighted by Crippen LogP contribution is -2.18. The van der Waals surface area contributed by atoms with Crippen molar-refractivity contribution in [2.24, 2.45) is 5.73 Å². The Morgan fingerprint density at radius 1 is 1.10 bits per heavy atom. The van der Waals surface area contributed by atoms with E-state index in [4.69, 9.17) is 10.2 Å². The van der Waals surface area contributed by atoms with Gasteiger partial charge in [-0.1, -0.05) is 37.3 Å². The molecule has 0 aliphatic rings. The smallest absolute Gasteiger partial charge is 0.134 e. The van der Waals surface area contributed by atoms with E-state index < -0.39 is 0 Å². The molecular formula is C18H18FNO. The maximum atomic E-state index is 13.3. The average Bonchev–Trinajstić information content (AvgIpc) is 2.92. The number of hydrogen-bond acceptors (Lipinski definition) is 2. The Balaban J connectivity index is 1.96. The standard InChI is InChI=1S/C18H18FNO/c1-2-15(12-6-4-3-5-7-12)18(20)17-11-13-10-14(19)8-9-16(13)21-17/h3-11,15,18H,2,20H2,1H3. The first-order chi connectivity index (χ1) is 10.2. The zero-order valence-electron chi connectivity index (χ0n) is 11.9. The van der Waals surface area contributed by atoms with Crippen LogP contribution in [0.1, 0.15) is 36.6 Å². The second kappa shape index (κ2) is 5.70. The highest BCUT2D eigenvalue weighted by Gasteiger charge is 2.23. The summed E-state index contributed by atoms with van der Waals surface area (Å²) >= 11 is 0. The number of rotatable bonds is 4. The second-order valence-corrected chi connectivity index (χ2v) is 5.28. The Morgan fingerprint density at radius 2 is 1.86 bits per heavy atom. The molecule has 0 spiro atoms. The maximum Gasteiger partial charge on any atom is 0.134 e. The van der Waals surface area contributed by atoms with Crippen LogP contribution in [0.15, 0.2) is 59.0 Å². The fourth-order valence-electron chi connectivity index (χ4n) is 2.79. The summed E-state index contributed by atoms with van der Waals surface area (Å²) < 4.78 is 19.1. The predicted octanol–water partition coefficient (Wildman–Crippen LogP) is 4.77. The van der Waals surface area contributed by atoms with Crippen molar-refractivity contribution >= 4 is 11.0 Å². The van der Waals surface area contributed by atoms with Crippen LogP contribution in [-0.4, -0.2) is 0 Å². The quantitative estimate of drug-likeness (QED) is 0.749. The summed E-state index contributed by atoms with van der Waals surface area (Å²) in [5, 5.41) is 0.753. The fraction of sp³-hybridized carbons (Fsp3) is 0.222. The molecule has 1 aromatic heterocycles. The van der Waals surface area contributed by atoms with Crippen molar-refractivity contribution in [2.45, 2.75) is 25.3 Å². The van der Waals surface area contributed by atoms with Crippen molar-refractivity contribution in [3.8, 4) is 0 Å². The topological polar surface area (TPSA) is 39.2 Å². The van der Waals surface area contributed by atoms with Gasteiger partial charge >= 0.3 is 0 Å². The lowest BCUT2D eigenvalue weighted by molar-refractivity contribution is 0.436. The molecule has 2 aromatic carbocycles. The van der Waals surface area contributed by atoms with Gasteiger partial charge in [-0.25, -0.2) is 4.39 Å². The molecule has 0 bridgehead atoms. The van der Waals surface area contributed by atoms with Gasteiger partial charge in [0.2, 0.25) is 0 Å². The summed E-state index contributed by atoms with van der Waals surface area (Å²) in [6, 6.07) is 16.3. The molecule has 0 aliphatic carbocycles. The average molecular weight is 283 g/mol. The van der Waals surface area contributed by atoms with E-state index in [-0.39, 0.29) is 17.8 Å². The molecule has 3 heteroatoms. The Hall–Kier alpha value is -2.13. The van der Waals surface area contributed by atoms with Gasteiger partial charge in [0.1, 0.15) is 17.2 Å². The van der Waals surface area contributed by atoms with E-state index >= 15 is 0 Å². The molecule has 21 heavy (non-hydrogen) atoms. The minimum absolute atomic E-state index is 0.177. The lowest BCUT2D eigenvalue weighted by atomic mass is 9.88. The molecule has 0 amide bonds. The molecule has 108 valence electrons. The molecular weight excluding hydrogens is 265 g/mol. The summed E-state index contributed by atoms with van der Waals surface area (Å²) in [5.41, 5.74) is 8.26. The van der Waals surface area contributed by atoms with E-state index in [0.29, 0.717) is 11.3 Å². The molecule has 0 aliphatic heterocycles. The van der Waals surface area contributed by atoms with E-state index in [2.05, 4.69) is 19.1 Å². The summed E-state index contributed by atoms with van der Waals surface area (Å²) in [6.07, 6.45) is 0.913. The highest BCUT2D eigenvalue weighted by atomic mass is 19.1. The van der Waals surface area contributed by atoms with Crippen LogP contribution in [0.25, 0.3) is 11.0 Å². The molecule has 3 rings (SSSR count). The molecule has 2 nitrogen and oxygen atoms in total. The van der Waals surface area contributed by atoms with Gasteiger partial charge in [-0.2, -0.15) is 0 Å². The first kappa shape index (κ1) is 13.8. The van der Waals surface area contributed by atoms with E-state index in [0.717, 1.165) is 11.8 Å². The Bertz CT molecular complexity index is 735. The summed E-state index contributed by atoms with van der Waals surface area (Å²) in [5.74, 6) is 0.612. The number of hydrogen-bond donors (Lipinski definition) is 1. The third-order valence-electron chi connectivity index (χ3n) is 3.93. The van der Waals surface area contributed by atoms with Gasteiger partial charge in [0.15, 0.2) is 0 Å². The van der Waals surface area contributed by atoms with Crippen molar-refractivity contribution < 1.29 is 8.81 Å². The number of halogens is 1. The molecule has 0 radical (unpaired) electrons. The van der Waals surface area contributed by atoms with Crippen LogP contribution in [0.2, 0.25) is 0 Å². The number of benzene rings is 2. The monoisotopic (exact) mass is 283 g/mol. The van der Waals surface area contributed by atoms with Crippen LogP contribution in [-0.2, 0) is 0 Å². The van der Waals surface area contributed by atoms with Crippen molar-refractivity contribution in [3.05, 3.63) is 71.7 Å². The third kappa shape index (κ3) is 2.69. The molecule has 3 aromatic rings. The molecule has 2 unspecified atom stereocenters. The van der Waals surface area contributed by atoms with Crippen molar-refractivity contribution in [2.75, 3.05) is 0 Å². The van der Waals surface area contributed by atoms with Gasteiger partial charge in [0, 0.05) is 11.3 Å². The van der Waals surface area contributed by atoms with Gasteiger partial charge in [-0.15, -0.1) is 0 Å². The van der Waals surface area contributed by atoms with E-state index in [9.17, 15) is 4.39 Å². The second-order valence-electron chi connectivity index (χ2n) is 5.28. The molecule has 0 saturated heterocycles. The first-order valence-electron chi connectivity index (χ1n) is 7.18. The normalized spacial score (nSPS) is 14.2. The third-order valence-corrected chi connectivity index (χ3v) is 3.93. The zero-order valence-corrected chi connectivity index (χ0v) is 11.9. The molecule has 2 N–H and O–H groups in total. The Morgan fingerprint density at radius 3 is 2.57 bits per heavy atom. The minimum atomic E-state index is -0.265. The molecule has 0 saturated carbocycles. The van der Waals surface area contributed by atoms with Gasteiger partial charge in [0.25, 0.3) is 0 Å². The lowest BCUT2D eigenvalue weighted by Gasteiger charge is -2.21. The highest BCUT2D eigenvalue weighted by molar-refractivity contribution is 5.78. The number of furan rings is 1. The summed E-state index contributed by atoms with van der Waals surface area (Å²) in [4.78, 5) is 0. The Kier molecular flexibility index (Phi) is 3.76. The molecule has 2 atom stereocenters. The minimum Gasteiger partial charge on any atom is -0.459 e. The van der Waals surface area contributed by atoms with Crippen LogP contribution in [0.5, 0.6) is 0 Å². The summed E-state index contributed by atoms with van der Waals surface area (Å²) in [7, 11) is 0. The summed E-state index contributed by atoms with van der Waals surface area (Å²) in [6.45, 7) is 2.11. The zero-order chi connectivity index (χ0) is 14.8. The van der Waals surface area contributed by atoms with Gasteiger partial charge < -0.3 is 10.2 Å². The SMILES string of the molecule is CCC(c1ccccc1)C(N)c1cc2cc(F)ccc2o1. The van der Waals surface area contributed by atoms with Crippen LogP contribution < -0.4 is 5.73 Å². The van der Waals surface area contributed by atoms with E-state index in [1.807, 2.05) is 24.3 Å². The van der Waals surface area contributed by atoms with Crippen LogP contribution in [0.3, 0.4) is 0 Å². The van der Waals surface area contributed by atoms with Gasteiger partial charge in [0.05, 0.1) is 6.04 Å². The molecule has 1 heterocycles. The van der Waals surface area contributed by atoms with Gasteiger partial charge in [-0.3, -0.25) is 0 Å². The van der Waals surface area contributed by atoms with E-state index in [1.165, 1.54) is 17.7 Å². The van der Waals surface area contributed by atoms with Crippen molar-refractivity contribution in [1.29, 1.82) is 0 Å². The number of nitrogens with two attached hydrogens (primary N) is 1. The van der Waals surface area contributed by atoms with Crippen molar-refractivity contribution in [1.82, 2.24) is 0 Å². The van der Waals surface area contributed by atoms with Crippen molar-refractivity contribution in [3.63, 3.8) is 0 Å². The first-order valence-corrected chi connectivity index (χ1v) is 7.18. The maximum absolute atomic E-state index is 13.3. The van der Waals surface area contributed by atoms with Crippen LogP contribution in [0, 0.1) is 5.82 Å². The fourth-order valence-corrected chi connectivity index (χ4v) is 2.79. The van der Waals surface area contributed by atoms with Gasteiger partial charge in [-0.05, 0) is 36.2 Å². The Labute approximate surface area is 123 Å².